The summed E-state index contributed by atoms with van der Waals surface area (Å²) in [5.74, 6) is 1.03. The Kier molecular flexibility index (Phi) is 7.97. The standard InChI is InChI=1S/C16H17Cl2N5/c1-12-8-14(23(6-4-17)7-5-18)3-2-13(12)11-22-16(10-20)15(21)9-19/h2-3,8,11H,4-7,21H2,1H3/b16-15-,22-11?. The topological polar surface area (TPSA) is 89.2 Å². The number of nitrogens with two attached hydrogens (primary N) is 1. The van der Waals surface area contributed by atoms with Crippen LogP contribution in [0.25, 0.3) is 0 Å². The Morgan fingerprint density at radius 3 is 2.39 bits per heavy atom. The van der Waals surface area contributed by atoms with Crippen LogP contribution in [0.5, 0.6) is 0 Å². The lowest BCUT2D eigenvalue weighted by molar-refractivity contribution is 0.873. The molecule has 0 saturated carbocycles. The van der Waals surface area contributed by atoms with Gasteiger partial charge in [0.15, 0.2) is 5.70 Å². The zero-order valence-corrected chi connectivity index (χ0v) is 14.3. The maximum Gasteiger partial charge on any atom is 0.174 e. The molecule has 0 aliphatic rings. The Morgan fingerprint density at radius 2 is 1.91 bits per heavy atom. The van der Waals surface area contributed by atoms with Crippen LogP contribution in [0.2, 0.25) is 0 Å². The Bertz CT molecular complexity index is 677. The molecule has 0 fully saturated rings. The van der Waals surface area contributed by atoms with Crippen molar-refractivity contribution in [1.82, 2.24) is 0 Å². The summed E-state index contributed by atoms with van der Waals surface area (Å²) in [5.41, 5.74) is 7.95. The fourth-order valence-corrected chi connectivity index (χ4v) is 2.33. The molecule has 1 aromatic rings. The van der Waals surface area contributed by atoms with Crippen LogP contribution in [0.3, 0.4) is 0 Å². The van der Waals surface area contributed by atoms with E-state index in [1.54, 1.807) is 12.1 Å². The smallest absolute Gasteiger partial charge is 0.174 e. The van der Waals surface area contributed by atoms with Crippen molar-refractivity contribution < 1.29 is 0 Å². The molecule has 0 unspecified atom stereocenters. The minimum atomic E-state index is -0.201. The van der Waals surface area contributed by atoms with Crippen LogP contribution in [0.15, 0.2) is 34.6 Å². The highest BCUT2D eigenvalue weighted by Gasteiger charge is 2.07. The third-order valence-electron chi connectivity index (χ3n) is 3.14. The normalized spacial score (nSPS) is 11.7. The summed E-state index contributed by atoms with van der Waals surface area (Å²) < 4.78 is 0. The molecule has 0 aromatic heterocycles. The molecule has 0 atom stereocenters. The third kappa shape index (κ3) is 5.49. The van der Waals surface area contributed by atoms with Crippen molar-refractivity contribution in [3.8, 4) is 12.1 Å². The van der Waals surface area contributed by atoms with Crippen LogP contribution in [-0.2, 0) is 0 Å². The van der Waals surface area contributed by atoms with E-state index in [9.17, 15) is 0 Å². The highest BCUT2D eigenvalue weighted by molar-refractivity contribution is 6.18. The molecule has 23 heavy (non-hydrogen) atoms. The Hall–Kier alpha value is -2.21. The van der Waals surface area contributed by atoms with Gasteiger partial charge in [0.2, 0.25) is 0 Å². The molecule has 0 bridgehead atoms. The van der Waals surface area contributed by atoms with E-state index in [0.29, 0.717) is 24.8 Å². The quantitative estimate of drug-likeness (QED) is 0.465. The fourth-order valence-electron chi connectivity index (χ4n) is 1.92. The van der Waals surface area contributed by atoms with Crippen molar-refractivity contribution in [2.45, 2.75) is 6.92 Å². The number of halogens is 2. The summed E-state index contributed by atoms with van der Waals surface area (Å²) in [7, 11) is 0. The number of nitriles is 2. The van der Waals surface area contributed by atoms with Crippen molar-refractivity contribution >= 4 is 35.1 Å². The number of rotatable bonds is 7. The lowest BCUT2D eigenvalue weighted by Crippen LogP contribution is -2.27. The molecule has 0 amide bonds. The molecule has 5 nitrogen and oxygen atoms in total. The van der Waals surface area contributed by atoms with Gasteiger partial charge in [-0.05, 0) is 30.2 Å². The molecular weight excluding hydrogens is 333 g/mol. The van der Waals surface area contributed by atoms with Crippen LogP contribution in [0.1, 0.15) is 11.1 Å². The second-order valence-electron chi connectivity index (χ2n) is 4.65. The van der Waals surface area contributed by atoms with Gasteiger partial charge in [0.05, 0.1) is 0 Å². The minimum absolute atomic E-state index is 0.0955. The number of anilines is 1. The number of benzene rings is 1. The van der Waals surface area contributed by atoms with E-state index in [4.69, 9.17) is 39.5 Å². The van der Waals surface area contributed by atoms with Gasteiger partial charge in [-0.25, -0.2) is 4.99 Å². The summed E-state index contributed by atoms with van der Waals surface area (Å²) in [6, 6.07) is 9.35. The Morgan fingerprint density at radius 1 is 1.26 bits per heavy atom. The number of aliphatic imine (C=N–C) groups is 1. The summed E-state index contributed by atoms with van der Waals surface area (Å²) >= 11 is 11.6. The van der Waals surface area contributed by atoms with Crippen LogP contribution < -0.4 is 10.6 Å². The monoisotopic (exact) mass is 349 g/mol. The molecule has 0 spiro atoms. The van der Waals surface area contributed by atoms with Crippen molar-refractivity contribution in [3.05, 3.63) is 40.7 Å². The highest BCUT2D eigenvalue weighted by atomic mass is 35.5. The van der Waals surface area contributed by atoms with E-state index >= 15 is 0 Å². The Labute approximate surface area is 146 Å². The average molecular weight is 350 g/mol. The zero-order chi connectivity index (χ0) is 17.2. The molecule has 0 aliphatic heterocycles. The predicted octanol–water partition coefficient (Wildman–Crippen LogP) is 2.92. The molecule has 120 valence electrons. The number of nitrogens with zero attached hydrogens (tertiary/aromatic N) is 4. The van der Waals surface area contributed by atoms with Gasteiger partial charge in [-0.2, -0.15) is 10.5 Å². The van der Waals surface area contributed by atoms with Gasteiger partial charge in [-0.1, -0.05) is 6.07 Å². The summed E-state index contributed by atoms with van der Waals surface area (Å²) in [4.78, 5) is 6.08. The van der Waals surface area contributed by atoms with E-state index < -0.39 is 0 Å². The molecule has 2 N–H and O–H groups in total. The van der Waals surface area contributed by atoms with Crippen LogP contribution in [0, 0.1) is 29.6 Å². The lowest BCUT2D eigenvalue weighted by atomic mass is 10.1. The van der Waals surface area contributed by atoms with Crippen molar-refractivity contribution in [2.24, 2.45) is 10.7 Å². The summed E-state index contributed by atoms with van der Waals surface area (Å²) in [6.07, 6.45) is 1.52. The predicted molar refractivity (Wildman–Crippen MR) is 94.9 cm³/mol. The first-order chi connectivity index (χ1) is 11.1. The number of alkyl halides is 2. The van der Waals surface area contributed by atoms with Gasteiger partial charge in [0.1, 0.15) is 17.8 Å². The third-order valence-corrected chi connectivity index (χ3v) is 3.48. The molecule has 0 saturated heterocycles. The Balaban J connectivity index is 3.06. The van der Waals surface area contributed by atoms with E-state index in [1.165, 1.54) is 6.21 Å². The van der Waals surface area contributed by atoms with Gasteiger partial charge in [0, 0.05) is 36.8 Å². The van der Waals surface area contributed by atoms with E-state index in [1.807, 2.05) is 25.1 Å². The van der Waals surface area contributed by atoms with Crippen LogP contribution >= 0.6 is 23.2 Å². The zero-order valence-electron chi connectivity index (χ0n) is 12.8. The van der Waals surface area contributed by atoms with Crippen molar-refractivity contribution in [3.63, 3.8) is 0 Å². The van der Waals surface area contributed by atoms with Crippen LogP contribution in [-0.4, -0.2) is 31.1 Å². The highest BCUT2D eigenvalue weighted by Crippen LogP contribution is 2.19. The number of hydrogen-bond acceptors (Lipinski definition) is 5. The number of aryl methyl sites for hydroxylation is 1. The molecule has 1 aromatic carbocycles. The molecule has 0 aliphatic carbocycles. The second-order valence-corrected chi connectivity index (χ2v) is 5.41. The van der Waals surface area contributed by atoms with Crippen molar-refractivity contribution in [1.29, 1.82) is 10.5 Å². The first-order valence-corrected chi connectivity index (χ1v) is 7.95. The first-order valence-electron chi connectivity index (χ1n) is 6.88. The molecule has 0 heterocycles. The number of hydrogen-bond donors (Lipinski definition) is 1. The van der Waals surface area contributed by atoms with Gasteiger partial charge < -0.3 is 10.6 Å². The van der Waals surface area contributed by atoms with E-state index in [0.717, 1.165) is 16.8 Å². The molecule has 7 heteroatoms. The van der Waals surface area contributed by atoms with Gasteiger partial charge in [0.25, 0.3) is 0 Å². The maximum atomic E-state index is 8.93. The minimum Gasteiger partial charge on any atom is -0.388 e. The van der Waals surface area contributed by atoms with Crippen LogP contribution in [0.4, 0.5) is 5.69 Å². The van der Waals surface area contributed by atoms with Crippen molar-refractivity contribution in [2.75, 3.05) is 29.7 Å². The SMILES string of the molecule is Cc1cc(N(CCCl)CCCl)ccc1C=N/C(C#N)=C(\N)C#N. The average Bonchev–Trinajstić information content (AvgIpc) is 2.56. The lowest BCUT2D eigenvalue weighted by Gasteiger charge is -2.23. The van der Waals surface area contributed by atoms with E-state index in [2.05, 4.69) is 9.89 Å². The molecule has 0 radical (unpaired) electrons. The van der Waals surface area contributed by atoms with Gasteiger partial charge in [-0.15, -0.1) is 23.2 Å². The van der Waals surface area contributed by atoms with Gasteiger partial charge >= 0.3 is 0 Å². The summed E-state index contributed by atoms with van der Waals surface area (Å²) in [5, 5.41) is 17.6. The van der Waals surface area contributed by atoms with Gasteiger partial charge in [-0.3, -0.25) is 0 Å². The number of allylic oxidation sites excluding steroid dienone is 2. The maximum absolute atomic E-state index is 8.93. The molecule has 1 rings (SSSR count). The molecular formula is C16H17Cl2N5. The fraction of sp³-hybridized carbons (Fsp3) is 0.312. The second kappa shape index (κ2) is 9.74. The summed E-state index contributed by atoms with van der Waals surface area (Å²) in [6.45, 7) is 3.36. The largest absolute Gasteiger partial charge is 0.388 e. The van der Waals surface area contributed by atoms with E-state index in [-0.39, 0.29) is 11.4 Å². The first kappa shape index (κ1) is 18.8.